The second-order valence-electron chi connectivity index (χ2n) is 4.04. The summed E-state index contributed by atoms with van der Waals surface area (Å²) in [4.78, 5) is 0. The van der Waals surface area contributed by atoms with Crippen LogP contribution in [-0.4, -0.2) is 0 Å². The Morgan fingerprint density at radius 2 is 2.28 bits per heavy atom. The zero-order valence-electron chi connectivity index (χ0n) is 9.98. The van der Waals surface area contributed by atoms with Gasteiger partial charge in [-0.25, -0.2) is 4.39 Å². The van der Waals surface area contributed by atoms with Crippen molar-refractivity contribution in [3.8, 4) is 6.07 Å². The summed E-state index contributed by atoms with van der Waals surface area (Å²) in [6.45, 7) is 2.53. The molecular formula is C14H13FN2O. The highest BCUT2D eigenvalue weighted by Crippen LogP contribution is 2.14. The first kappa shape index (κ1) is 12.3. The maximum atomic E-state index is 13.1. The van der Waals surface area contributed by atoms with Crippen molar-refractivity contribution >= 4 is 0 Å². The van der Waals surface area contributed by atoms with Crippen molar-refractivity contribution < 1.29 is 8.81 Å². The summed E-state index contributed by atoms with van der Waals surface area (Å²) in [7, 11) is 0. The number of halogens is 1. The van der Waals surface area contributed by atoms with Gasteiger partial charge < -0.3 is 9.73 Å². The van der Waals surface area contributed by atoms with Crippen LogP contribution in [0.5, 0.6) is 0 Å². The van der Waals surface area contributed by atoms with Gasteiger partial charge in [-0.15, -0.1) is 0 Å². The zero-order valence-corrected chi connectivity index (χ0v) is 9.98. The molecule has 0 bridgehead atoms. The topological polar surface area (TPSA) is 49.0 Å². The molecule has 2 aromatic rings. The van der Waals surface area contributed by atoms with Crippen molar-refractivity contribution in [3.63, 3.8) is 0 Å². The van der Waals surface area contributed by atoms with Gasteiger partial charge in [-0.1, -0.05) is 6.07 Å². The van der Waals surface area contributed by atoms with Crippen LogP contribution in [0.4, 0.5) is 4.39 Å². The Balaban J connectivity index is 2.01. The minimum atomic E-state index is -0.486. The Labute approximate surface area is 105 Å². The molecule has 0 fully saturated rings. The predicted octanol–water partition coefficient (Wildman–Crippen LogP) is 3.14. The molecule has 1 aromatic carbocycles. The fourth-order valence-corrected chi connectivity index (χ4v) is 1.68. The molecule has 1 N–H and O–H groups in total. The molecular weight excluding hydrogens is 231 g/mol. The Kier molecular flexibility index (Phi) is 3.75. The first-order valence-electron chi connectivity index (χ1n) is 5.66. The summed E-state index contributed by atoms with van der Waals surface area (Å²) >= 11 is 0. The first-order chi connectivity index (χ1) is 8.70. The van der Waals surface area contributed by atoms with Gasteiger partial charge in [0.15, 0.2) is 0 Å². The quantitative estimate of drug-likeness (QED) is 0.898. The Morgan fingerprint density at radius 1 is 1.44 bits per heavy atom. The van der Waals surface area contributed by atoms with Crippen molar-refractivity contribution in [2.45, 2.75) is 19.5 Å². The van der Waals surface area contributed by atoms with Gasteiger partial charge in [0.25, 0.3) is 0 Å². The minimum absolute atomic E-state index is 0.0654. The van der Waals surface area contributed by atoms with Crippen LogP contribution >= 0.6 is 0 Å². The van der Waals surface area contributed by atoms with E-state index < -0.39 is 5.82 Å². The molecule has 1 atom stereocenters. The Hall–Kier alpha value is -2.12. The van der Waals surface area contributed by atoms with Gasteiger partial charge in [0.05, 0.1) is 17.9 Å². The van der Waals surface area contributed by atoms with Gasteiger partial charge >= 0.3 is 0 Å². The fraction of sp³-hybridized carbons (Fsp3) is 0.214. The van der Waals surface area contributed by atoms with E-state index in [1.807, 2.05) is 25.1 Å². The van der Waals surface area contributed by atoms with E-state index in [1.165, 1.54) is 6.07 Å². The molecule has 0 aliphatic rings. The summed E-state index contributed by atoms with van der Waals surface area (Å²) in [6, 6.07) is 10.1. The molecule has 0 aliphatic carbocycles. The third kappa shape index (κ3) is 2.76. The maximum absolute atomic E-state index is 13.1. The number of nitriles is 1. The third-order valence-electron chi connectivity index (χ3n) is 2.73. The third-order valence-corrected chi connectivity index (χ3v) is 2.73. The van der Waals surface area contributed by atoms with Crippen LogP contribution in [0.25, 0.3) is 0 Å². The van der Waals surface area contributed by atoms with Crippen molar-refractivity contribution in [2.24, 2.45) is 0 Å². The van der Waals surface area contributed by atoms with Crippen LogP contribution in [0.15, 0.2) is 41.0 Å². The van der Waals surface area contributed by atoms with Crippen LogP contribution in [0.3, 0.4) is 0 Å². The fourth-order valence-electron chi connectivity index (χ4n) is 1.68. The summed E-state index contributed by atoms with van der Waals surface area (Å²) in [6.07, 6.45) is 1.62. The normalized spacial score (nSPS) is 12.1. The Bertz CT molecular complexity index is 558. The van der Waals surface area contributed by atoms with E-state index in [0.717, 1.165) is 11.3 Å². The van der Waals surface area contributed by atoms with E-state index in [2.05, 4.69) is 5.32 Å². The van der Waals surface area contributed by atoms with E-state index in [9.17, 15) is 4.39 Å². The van der Waals surface area contributed by atoms with Crippen molar-refractivity contribution in [1.82, 2.24) is 5.32 Å². The number of hydrogen-bond acceptors (Lipinski definition) is 3. The Morgan fingerprint density at radius 3 is 2.94 bits per heavy atom. The second kappa shape index (κ2) is 5.48. The van der Waals surface area contributed by atoms with E-state index in [0.29, 0.717) is 6.54 Å². The largest absolute Gasteiger partial charge is 0.468 e. The SMILES string of the molecule is C[C@@H](NCc1ccc(F)c(C#N)c1)c1ccco1. The highest BCUT2D eigenvalue weighted by Gasteiger charge is 2.08. The number of furan rings is 1. The number of hydrogen-bond donors (Lipinski definition) is 1. The smallest absolute Gasteiger partial charge is 0.140 e. The molecule has 0 unspecified atom stereocenters. The average Bonchev–Trinajstić information content (AvgIpc) is 2.91. The van der Waals surface area contributed by atoms with E-state index >= 15 is 0 Å². The van der Waals surface area contributed by atoms with Crippen molar-refractivity contribution in [3.05, 3.63) is 59.3 Å². The van der Waals surface area contributed by atoms with Crippen LogP contribution in [0, 0.1) is 17.1 Å². The lowest BCUT2D eigenvalue weighted by Gasteiger charge is -2.11. The molecule has 0 aliphatic heterocycles. The monoisotopic (exact) mass is 244 g/mol. The number of nitrogens with one attached hydrogen (secondary N) is 1. The first-order valence-corrected chi connectivity index (χ1v) is 5.66. The lowest BCUT2D eigenvalue weighted by atomic mass is 10.1. The minimum Gasteiger partial charge on any atom is -0.468 e. The molecule has 1 aromatic heterocycles. The highest BCUT2D eigenvalue weighted by molar-refractivity contribution is 5.34. The van der Waals surface area contributed by atoms with Crippen LogP contribution in [-0.2, 0) is 6.54 Å². The predicted molar refractivity (Wildman–Crippen MR) is 65.1 cm³/mol. The molecule has 0 amide bonds. The van der Waals surface area contributed by atoms with E-state index in [4.69, 9.17) is 9.68 Å². The van der Waals surface area contributed by atoms with Gasteiger partial charge in [0.2, 0.25) is 0 Å². The summed E-state index contributed by atoms with van der Waals surface area (Å²) in [5, 5.41) is 12.0. The van der Waals surface area contributed by atoms with Gasteiger partial charge in [-0.05, 0) is 36.8 Å². The lowest BCUT2D eigenvalue weighted by Crippen LogP contribution is -2.17. The zero-order chi connectivity index (χ0) is 13.0. The lowest BCUT2D eigenvalue weighted by molar-refractivity contribution is 0.430. The molecule has 0 radical (unpaired) electrons. The average molecular weight is 244 g/mol. The number of rotatable bonds is 4. The van der Waals surface area contributed by atoms with E-state index in [1.54, 1.807) is 18.4 Å². The van der Waals surface area contributed by atoms with Gasteiger partial charge in [0.1, 0.15) is 17.6 Å². The van der Waals surface area contributed by atoms with Crippen molar-refractivity contribution in [1.29, 1.82) is 5.26 Å². The summed E-state index contributed by atoms with van der Waals surface area (Å²) in [5.41, 5.74) is 0.936. The number of benzene rings is 1. The standard InChI is InChI=1S/C14H13FN2O/c1-10(14-3-2-6-18-14)17-9-11-4-5-13(15)12(7-11)8-16/h2-7,10,17H,9H2,1H3/t10-/m1/s1. The molecule has 2 rings (SSSR count). The molecule has 92 valence electrons. The second-order valence-corrected chi connectivity index (χ2v) is 4.04. The number of nitrogens with zero attached hydrogens (tertiary/aromatic N) is 1. The van der Waals surface area contributed by atoms with Crippen LogP contribution in [0.1, 0.15) is 29.9 Å². The van der Waals surface area contributed by atoms with Gasteiger partial charge in [-0.2, -0.15) is 5.26 Å². The maximum Gasteiger partial charge on any atom is 0.140 e. The molecule has 1 heterocycles. The van der Waals surface area contributed by atoms with E-state index in [-0.39, 0.29) is 11.6 Å². The highest BCUT2D eigenvalue weighted by atomic mass is 19.1. The molecule has 3 nitrogen and oxygen atoms in total. The van der Waals surface area contributed by atoms with Crippen molar-refractivity contribution in [2.75, 3.05) is 0 Å². The summed E-state index contributed by atoms with van der Waals surface area (Å²) in [5.74, 6) is 0.359. The van der Waals surface area contributed by atoms with Gasteiger partial charge in [0, 0.05) is 6.54 Å². The molecule has 4 heteroatoms. The van der Waals surface area contributed by atoms with Crippen LogP contribution < -0.4 is 5.32 Å². The molecule has 18 heavy (non-hydrogen) atoms. The molecule has 0 saturated heterocycles. The van der Waals surface area contributed by atoms with Crippen LogP contribution in [0.2, 0.25) is 0 Å². The molecule has 0 saturated carbocycles. The van der Waals surface area contributed by atoms with Gasteiger partial charge in [-0.3, -0.25) is 0 Å². The summed E-state index contributed by atoms with van der Waals surface area (Å²) < 4.78 is 18.4. The molecule has 0 spiro atoms.